The largest absolute Gasteiger partial charge is 0.298 e. The Hall–Kier alpha value is -0.850. The van der Waals surface area contributed by atoms with E-state index in [1.807, 2.05) is 26.0 Å². The minimum Gasteiger partial charge on any atom is -0.298 e. The van der Waals surface area contributed by atoms with E-state index in [2.05, 4.69) is 12.2 Å². The molecule has 0 amide bonds. The molecule has 1 nitrogen and oxygen atoms in total. The number of hydrogen-bond acceptors (Lipinski definition) is 1. The molecule has 1 rings (SSSR count). The van der Waals surface area contributed by atoms with Gasteiger partial charge in [-0.25, -0.2) is 0 Å². The average molecular weight is 178 g/mol. The Morgan fingerprint density at radius 1 is 1.15 bits per heavy atom. The van der Waals surface area contributed by atoms with E-state index in [0.29, 0.717) is 5.78 Å². The minimum absolute atomic E-state index is 0.262. The molecule has 1 aliphatic rings. The standard InChI is InChI=1S/C12H18O/c1-3-8-12(9-4-2)10-6-5-7-11(12)13/h3-4,8-9H,5-7,10H2,1-2H3/b8-3+,9-4+. The van der Waals surface area contributed by atoms with Crippen LogP contribution in [0.25, 0.3) is 0 Å². The summed E-state index contributed by atoms with van der Waals surface area (Å²) in [4.78, 5) is 11.8. The number of carbonyl (C=O) groups excluding carboxylic acids is 1. The Bertz CT molecular complexity index is 224. The summed E-state index contributed by atoms with van der Waals surface area (Å²) >= 11 is 0. The lowest BCUT2D eigenvalue weighted by Crippen LogP contribution is -2.30. The van der Waals surface area contributed by atoms with E-state index in [4.69, 9.17) is 0 Å². The number of Topliss-reactive ketones (excluding diaryl/α,β-unsaturated/α-hetero) is 1. The van der Waals surface area contributed by atoms with E-state index in [0.717, 1.165) is 19.3 Å². The average Bonchev–Trinajstić information content (AvgIpc) is 2.11. The van der Waals surface area contributed by atoms with Gasteiger partial charge in [0.1, 0.15) is 5.78 Å². The second kappa shape index (κ2) is 4.40. The van der Waals surface area contributed by atoms with Crippen LogP contribution in [0.2, 0.25) is 0 Å². The molecule has 0 bridgehead atoms. The zero-order chi connectivity index (χ0) is 9.73. The number of ketones is 1. The van der Waals surface area contributed by atoms with Crippen LogP contribution in [0.15, 0.2) is 24.3 Å². The Balaban J connectivity index is 2.92. The van der Waals surface area contributed by atoms with Crippen LogP contribution in [-0.2, 0) is 4.79 Å². The van der Waals surface area contributed by atoms with Crippen molar-refractivity contribution >= 4 is 5.78 Å². The van der Waals surface area contributed by atoms with Crippen molar-refractivity contribution in [1.29, 1.82) is 0 Å². The maximum Gasteiger partial charge on any atom is 0.146 e. The highest BCUT2D eigenvalue weighted by molar-refractivity contribution is 5.89. The fourth-order valence-corrected chi connectivity index (χ4v) is 2.08. The molecule has 13 heavy (non-hydrogen) atoms. The Morgan fingerprint density at radius 2 is 1.77 bits per heavy atom. The van der Waals surface area contributed by atoms with E-state index in [9.17, 15) is 4.79 Å². The molecule has 0 radical (unpaired) electrons. The van der Waals surface area contributed by atoms with Crippen LogP contribution in [0.1, 0.15) is 39.5 Å². The molecule has 1 saturated carbocycles. The predicted octanol–water partition coefficient (Wildman–Crippen LogP) is 3.27. The zero-order valence-corrected chi connectivity index (χ0v) is 8.55. The Labute approximate surface area is 80.5 Å². The first kappa shape index (κ1) is 10.2. The van der Waals surface area contributed by atoms with Gasteiger partial charge in [0.25, 0.3) is 0 Å². The molecule has 0 aromatic rings. The molecule has 0 atom stereocenters. The summed E-state index contributed by atoms with van der Waals surface area (Å²) in [7, 11) is 0. The van der Waals surface area contributed by atoms with Crippen LogP contribution in [0.5, 0.6) is 0 Å². The van der Waals surface area contributed by atoms with Gasteiger partial charge in [0.15, 0.2) is 0 Å². The molecule has 0 spiro atoms. The van der Waals surface area contributed by atoms with Gasteiger partial charge in [0, 0.05) is 6.42 Å². The van der Waals surface area contributed by atoms with E-state index in [1.165, 1.54) is 6.42 Å². The minimum atomic E-state index is -0.262. The van der Waals surface area contributed by atoms with E-state index in [-0.39, 0.29) is 5.41 Å². The zero-order valence-electron chi connectivity index (χ0n) is 8.55. The summed E-state index contributed by atoms with van der Waals surface area (Å²) in [6, 6.07) is 0. The predicted molar refractivity (Wildman–Crippen MR) is 55.5 cm³/mol. The summed E-state index contributed by atoms with van der Waals surface area (Å²) in [6.07, 6.45) is 12.0. The summed E-state index contributed by atoms with van der Waals surface area (Å²) < 4.78 is 0. The molecule has 1 aliphatic carbocycles. The summed E-state index contributed by atoms with van der Waals surface area (Å²) in [5.41, 5.74) is -0.262. The van der Waals surface area contributed by atoms with E-state index >= 15 is 0 Å². The van der Waals surface area contributed by atoms with Crippen LogP contribution in [-0.4, -0.2) is 5.78 Å². The monoisotopic (exact) mass is 178 g/mol. The van der Waals surface area contributed by atoms with Crippen molar-refractivity contribution in [2.45, 2.75) is 39.5 Å². The second-order valence-corrected chi connectivity index (χ2v) is 3.67. The van der Waals surface area contributed by atoms with Gasteiger partial charge < -0.3 is 0 Å². The number of rotatable bonds is 2. The van der Waals surface area contributed by atoms with Crippen LogP contribution < -0.4 is 0 Å². The van der Waals surface area contributed by atoms with Crippen LogP contribution in [0.4, 0.5) is 0 Å². The van der Waals surface area contributed by atoms with E-state index in [1.54, 1.807) is 0 Å². The highest BCUT2D eigenvalue weighted by Gasteiger charge is 2.34. The van der Waals surface area contributed by atoms with Gasteiger partial charge in [-0.1, -0.05) is 30.7 Å². The van der Waals surface area contributed by atoms with Crippen molar-refractivity contribution in [3.63, 3.8) is 0 Å². The molecule has 1 fully saturated rings. The highest BCUT2D eigenvalue weighted by Crippen LogP contribution is 2.36. The first-order valence-electron chi connectivity index (χ1n) is 5.06. The Kier molecular flexibility index (Phi) is 3.47. The van der Waals surface area contributed by atoms with Crippen molar-refractivity contribution in [2.24, 2.45) is 5.41 Å². The lowest BCUT2D eigenvalue weighted by Gasteiger charge is -2.29. The molecule has 0 aromatic carbocycles. The molecule has 0 N–H and O–H groups in total. The number of hydrogen-bond donors (Lipinski definition) is 0. The van der Waals surface area contributed by atoms with Gasteiger partial charge in [-0.2, -0.15) is 0 Å². The van der Waals surface area contributed by atoms with Gasteiger partial charge in [-0.3, -0.25) is 4.79 Å². The van der Waals surface area contributed by atoms with Crippen LogP contribution in [0.3, 0.4) is 0 Å². The van der Waals surface area contributed by atoms with E-state index < -0.39 is 0 Å². The first-order valence-corrected chi connectivity index (χ1v) is 5.06. The molecule has 0 aliphatic heterocycles. The normalized spacial score (nSPS) is 23.1. The fraction of sp³-hybridized carbons (Fsp3) is 0.583. The molecule has 0 aromatic heterocycles. The molecule has 0 unspecified atom stereocenters. The maximum atomic E-state index is 11.8. The second-order valence-electron chi connectivity index (χ2n) is 3.67. The summed E-state index contributed by atoms with van der Waals surface area (Å²) in [6.45, 7) is 3.96. The third kappa shape index (κ3) is 2.09. The number of allylic oxidation sites excluding steroid dienone is 4. The van der Waals surface area contributed by atoms with Crippen molar-refractivity contribution in [2.75, 3.05) is 0 Å². The lowest BCUT2D eigenvalue weighted by atomic mass is 9.72. The smallest absolute Gasteiger partial charge is 0.146 e. The van der Waals surface area contributed by atoms with Gasteiger partial charge in [0.2, 0.25) is 0 Å². The summed E-state index contributed by atoms with van der Waals surface area (Å²) in [5.74, 6) is 0.384. The van der Waals surface area contributed by atoms with Crippen molar-refractivity contribution in [3.05, 3.63) is 24.3 Å². The SMILES string of the molecule is C/C=C/C1(/C=C/C)CCCCC1=O. The Morgan fingerprint density at radius 3 is 2.23 bits per heavy atom. The van der Waals surface area contributed by atoms with Gasteiger partial charge in [-0.05, 0) is 26.7 Å². The van der Waals surface area contributed by atoms with Crippen molar-refractivity contribution in [1.82, 2.24) is 0 Å². The maximum absolute atomic E-state index is 11.8. The van der Waals surface area contributed by atoms with Gasteiger partial charge in [0.05, 0.1) is 5.41 Å². The molecule has 0 saturated heterocycles. The molecule has 72 valence electrons. The topological polar surface area (TPSA) is 17.1 Å². The molecule has 0 heterocycles. The van der Waals surface area contributed by atoms with Crippen LogP contribution >= 0.6 is 0 Å². The van der Waals surface area contributed by atoms with Gasteiger partial charge >= 0.3 is 0 Å². The first-order chi connectivity index (χ1) is 6.25. The van der Waals surface area contributed by atoms with Crippen molar-refractivity contribution < 1.29 is 4.79 Å². The third-order valence-corrected chi connectivity index (χ3v) is 2.69. The fourth-order valence-electron chi connectivity index (χ4n) is 2.08. The molecule has 1 heteroatoms. The third-order valence-electron chi connectivity index (χ3n) is 2.69. The summed E-state index contributed by atoms with van der Waals surface area (Å²) in [5, 5.41) is 0. The molecular formula is C12H18O. The quantitative estimate of drug-likeness (QED) is 0.593. The van der Waals surface area contributed by atoms with Crippen LogP contribution in [0, 0.1) is 5.41 Å². The number of carbonyl (C=O) groups is 1. The highest BCUT2D eigenvalue weighted by atomic mass is 16.1. The van der Waals surface area contributed by atoms with Crippen molar-refractivity contribution in [3.8, 4) is 0 Å². The lowest BCUT2D eigenvalue weighted by molar-refractivity contribution is -0.126. The molecular weight excluding hydrogens is 160 g/mol. The van der Waals surface area contributed by atoms with Gasteiger partial charge in [-0.15, -0.1) is 0 Å².